The van der Waals surface area contributed by atoms with E-state index in [2.05, 4.69) is 6.92 Å². The Bertz CT molecular complexity index is 915. The number of urea groups is 1. The topological polar surface area (TPSA) is 43.9 Å². The van der Waals surface area contributed by atoms with Gasteiger partial charge < -0.3 is 9.80 Å². The van der Waals surface area contributed by atoms with Gasteiger partial charge >= 0.3 is 6.03 Å². The Balaban J connectivity index is 1.46. The number of halogens is 1. The first kappa shape index (κ1) is 20.4. The van der Waals surface area contributed by atoms with E-state index in [0.29, 0.717) is 24.2 Å². The van der Waals surface area contributed by atoms with E-state index in [0.717, 1.165) is 31.5 Å². The molecule has 2 aliphatic rings. The number of likely N-dealkylation sites (tertiary alicyclic amines) is 1. The van der Waals surface area contributed by atoms with E-state index in [1.54, 1.807) is 28.0 Å². The number of anilines is 1. The van der Waals surface area contributed by atoms with Gasteiger partial charge in [0.15, 0.2) is 0 Å². The molecule has 2 aromatic carbocycles. The molecule has 2 fully saturated rings. The molecule has 0 N–H and O–H groups in total. The minimum absolute atomic E-state index is 0.0555. The second kappa shape index (κ2) is 8.86. The zero-order chi connectivity index (χ0) is 21.1. The average Bonchev–Trinajstić information content (AvgIpc) is 2.77. The molecule has 0 radical (unpaired) electrons. The number of hydrogen-bond donors (Lipinski definition) is 0. The predicted molar refractivity (Wildman–Crippen MR) is 115 cm³/mol. The van der Waals surface area contributed by atoms with Crippen molar-refractivity contribution >= 4 is 17.6 Å². The van der Waals surface area contributed by atoms with Gasteiger partial charge in [0.25, 0.3) is 5.91 Å². The van der Waals surface area contributed by atoms with Crippen LogP contribution in [0.2, 0.25) is 0 Å². The third kappa shape index (κ3) is 4.18. The first-order valence-corrected chi connectivity index (χ1v) is 10.8. The van der Waals surface area contributed by atoms with E-state index in [4.69, 9.17) is 0 Å². The van der Waals surface area contributed by atoms with Crippen LogP contribution in [0.3, 0.4) is 0 Å². The monoisotopic (exact) mass is 409 g/mol. The van der Waals surface area contributed by atoms with Crippen LogP contribution in [0.1, 0.15) is 48.5 Å². The summed E-state index contributed by atoms with van der Waals surface area (Å²) < 4.78 is 14.0. The standard InChI is InChI=1S/C24H28FN3O2/c1-18-7-4-5-15-27(18)23(29)19-10-12-21(13-11-19)28-16-6-14-26(24(28)30)17-20-8-2-3-9-22(20)25/h2-3,8-13,18H,4-7,14-17H2,1H3. The molecule has 5 nitrogen and oxygen atoms in total. The van der Waals surface area contributed by atoms with Gasteiger partial charge in [-0.1, -0.05) is 18.2 Å². The molecule has 0 aromatic heterocycles. The van der Waals surface area contributed by atoms with Crippen molar-refractivity contribution in [2.45, 2.75) is 45.2 Å². The molecule has 158 valence electrons. The molecule has 1 atom stereocenters. The van der Waals surface area contributed by atoms with Crippen LogP contribution in [0.25, 0.3) is 0 Å². The van der Waals surface area contributed by atoms with Crippen molar-refractivity contribution in [3.05, 3.63) is 65.5 Å². The van der Waals surface area contributed by atoms with E-state index in [9.17, 15) is 14.0 Å². The van der Waals surface area contributed by atoms with E-state index in [1.807, 2.05) is 29.2 Å². The second-order valence-electron chi connectivity index (χ2n) is 8.19. The summed E-state index contributed by atoms with van der Waals surface area (Å²) >= 11 is 0. The van der Waals surface area contributed by atoms with Crippen molar-refractivity contribution in [2.75, 3.05) is 24.5 Å². The summed E-state index contributed by atoms with van der Waals surface area (Å²) in [5.74, 6) is -0.239. The van der Waals surface area contributed by atoms with Gasteiger partial charge in [0, 0.05) is 42.5 Å². The van der Waals surface area contributed by atoms with Crippen molar-refractivity contribution in [1.82, 2.24) is 9.80 Å². The van der Waals surface area contributed by atoms with Crippen LogP contribution in [0, 0.1) is 5.82 Å². The Kier molecular flexibility index (Phi) is 6.02. The van der Waals surface area contributed by atoms with Crippen molar-refractivity contribution < 1.29 is 14.0 Å². The zero-order valence-corrected chi connectivity index (χ0v) is 17.4. The van der Waals surface area contributed by atoms with Crippen LogP contribution in [0.15, 0.2) is 48.5 Å². The molecule has 2 aliphatic heterocycles. The molecule has 30 heavy (non-hydrogen) atoms. The van der Waals surface area contributed by atoms with Gasteiger partial charge in [0.05, 0.1) is 6.54 Å². The summed E-state index contributed by atoms with van der Waals surface area (Å²) in [5.41, 5.74) is 1.94. The summed E-state index contributed by atoms with van der Waals surface area (Å²) in [6.45, 7) is 4.38. The summed E-state index contributed by atoms with van der Waals surface area (Å²) in [7, 11) is 0. The minimum atomic E-state index is -0.294. The second-order valence-corrected chi connectivity index (χ2v) is 8.19. The predicted octanol–water partition coefficient (Wildman–Crippen LogP) is 4.67. The summed E-state index contributed by atoms with van der Waals surface area (Å²) in [6.07, 6.45) is 4.08. The van der Waals surface area contributed by atoms with Crippen molar-refractivity contribution in [1.29, 1.82) is 0 Å². The van der Waals surface area contributed by atoms with Gasteiger partial charge in [-0.2, -0.15) is 0 Å². The quantitative estimate of drug-likeness (QED) is 0.736. The van der Waals surface area contributed by atoms with Gasteiger partial charge in [-0.25, -0.2) is 9.18 Å². The smallest absolute Gasteiger partial charge is 0.324 e. The number of benzene rings is 2. The molecule has 0 aliphatic carbocycles. The largest absolute Gasteiger partial charge is 0.336 e. The lowest BCUT2D eigenvalue weighted by Gasteiger charge is -2.36. The van der Waals surface area contributed by atoms with Gasteiger partial charge in [-0.3, -0.25) is 9.69 Å². The Hall–Kier alpha value is -2.89. The van der Waals surface area contributed by atoms with Crippen molar-refractivity contribution in [3.63, 3.8) is 0 Å². The molecule has 2 aromatic rings. The number of rotatable bonds is 4. The molecule has 0 bridgehead atoms. The number of carbonyl (C=O) groups excluding carboxylic acids is 2. The zero-order valence-electron chi connectivity index (χ0n) is 17.4. The Morgan fingerprint density at radius 1 is 1.00 bits per heavy atom. The lowest BCUT2D eigenvalue weighted by Crippen LogP contribution is -2.49. The maximum absolute atomic E-state index is 14.0. The first-order valence-electron chi connectivity index (χ1n) is 10.8. The van der Waals surface area contributed by atoms with Crippen LogP contribution >= 0.6 is 0 Å². The summed E-state index contributed by atoms with van der Waals surface area (Å²) in [6, 6.07) is 14.0. The minimum Gasteiger partial charge on any atom is -0.336 e. The third-order valence-electron chi connectivity index (χ3n) is 6.12. The van der Waals surface area contributed by atoms with E-state index < -0.39 is 0 Å². The molecular formula is C24H28FN3O2. The maximum Gasteiger partial charge on any atom is 0.324 e. The highest BCUT2D eigenvalue weighted by Gasteiger charge is 2.28. The SMILES string of the molecule is CC1CCCCN1C(=O)c1ccc(N2CCCN(Cc3ccccc3F)C2=O)cc1. The highest BCUT2D eigenvalue weighted by Crippen LogP contribution is 2.24. The Morgan fingerprint density at radius 3 is 2.50 bits per heavy atom. The van der Waals surface area contributed by atoms with Gasteiger partial charge in [0.1, 0.15) is 5.82 Å². The molecule has 1 unspecified atom stereocenters. The first-order chi connectivity index (χ1) is 14.5. The van der Waals surface area contributed by atoms with Gasteiger partial charge in [-0.05, 0) is 62.9 Å². The van der Waals surface area contributed by atoms with Crippen LogP contribution in [-0.4, -0.2) is 47.4 Å². The molecule has 2 heterocycles. The van der Waals surface area contributed by atoms with Crippen LogP contribution < -0.4 is 4.90 Å². The lowest BCUT2D eigenvalue weighted by molar-refractivity contribution is 0.0635. The molecule has 4 rings (SSSR count). The molecule has 6 heteroatoms. The van der Waals surface area contributed by atoms with E-state index in [-0.39, 0.29) is 30.3 Å². The lowest BCUT2D eigenvalue weighted by atomic mass is 10.0. The number of amides is 3. The van der Waals surface area contributed by atoms with Crippen molar-refractivity contribution in [3.8, 4) is 0 Å². The highest BCUT2D eigenvalue weighted by atomic mass is 19.1. The Morgan fingerprint density at radius 2 is 1.77 bits per heavy atom. The summed E-state index contributed by atoms with van der Waals surface area (Å²) in [4.78, 5) is 31.2. The fourth-order valence-electron chi connectivity index (χ4n) is 4.35. The third-order valence-corrected chi connectivity index (χ3v) is 6.12. The molecular weight excluding hydrogens is 381 g/mol. The van der Waals surface area contributed by atoms with E-state index in [1.165, 1.54) is 12.5 Å². The number of carbonyl (C=O) groups is 2. The number of nitrogens with zero attached hydrogens (tertiary/aromatic N) is 3. The maximum atomic E-state index is 14.0. The number of hydrogen-bond acceptors (Lipinski definition) is 2. The normalized spacial score (nSPS) is 19.9. The van der Waals surface area contributed by atoms with Crippen LogP contribution in [0.5, 0.6) is 0 Å². The fraction of sp³-hybridized carbons (Fsp3) is 0.417. The van der Waals surface area contributed by atoms with Crippen molar-refractivity contribution in [2.24, 2.45) is 0 Å². The fourth-order valence-corrected chi connectivity index (χ4v) is 4.35. The van der Waals surface area contributed by atoms with Crippen LogP contribution in [0.4, 0.5) is 14.9 Å². The van der Waals surface area contributed by atoms with Gasteiger partial charge in [-0.15, -0.1) is 0 Å². The molecule has 0 saturated carbocycles. The van der Waals surface area contributed by atoms with E-state index >= 15 is 0 Å². The molecule has 3 amide bonds. The van der Waals surface area contributed by atoms with Gasteiger partial charge in [0.2, 0.25) is 0 Å². The summed E-state index contributed by atoms with van der Waals surface area (Å²) in [5, 5.41) is 0. The molecule has 0 spiro atoms. The Labute approximate surface area is 177 Å². The highest BCUT2D eigenvalue weighted by molar-refractivity contribution is 5.96. The molecule has 2 saturated heterocycles. The average molecular weight is 410 g/mol. The number of piperidine rings is 1. The van der Waals surface area contributed by atoms with Crippen LogP contribution in [-0.2, 0) is 6.54 Å².